The predicted octanol–water partition coefficient (Wildman–Crippen LogP) is 4.66. The highest BCUT2D eigenvalue weighted by Gasteiger charge is 2.44. The van der Waals surface area contributed by atoms with Gasteiger partial charge in [0.1, 0.15) is 24.2 Å². The van der Waals surface area contributed by atoms with Gasteiger partial charge in [-0.15, -0.1) is 0 Å². The van der Waals surface area contributed by atoms with E-state index in [4.69, 9.17) is 15.2 Å². The molecule has 0 aliphatic carbocycles. The molecule has 0 aromatic heterocycles. The lowest BCUT2D eigenvalue weighted by molar-refractivity contribution is -0.148. The second kappa shape index (κ2) is 41.1. The number of anilines is 1. The van der Waals surface area contributed by atoms with Crippen molar-refractivity contribution in [1.29, 1.82) is 0 Å². The number of likely N-dealkylation sites (tertiary alicyclic amines) is 2. The van der Waals surface area contributed by atoms with Gasteiger partial charge in [0.25, 0.3) is 0 Å². The second-order valence-electron chi connectivity index (χ2n) is 28.6. The Morgan fingerprint density at radius 3 is 1.85 bits per heavy atom. The van der Waals surface area contributed by atoms with Gasteiger partial charge in [0.15, 0.2) is 0 Å². The quantitative estimate of drug-likeness (QED) is 0.0411. The summed E-state index contributed by atoms with van der Waals surface area (Å²) >= 11 is 0. The van der Waals surface area contributed by atoms with Gasteiger partial charge in [0.05, 0.1) is 42.7 Å². The zero-order valence-corrected chi connectivity index (χ0v) is 62.0. The van der Waals surface area contributed by atoms with Crippen LogP contribution in [0.2, 0.25) is 0 Å². The Hall–Kier alpha value is -7.71. The molecule has 13 atom stereocenters. The number of carbonyl (C=O) groups excluding carboxylic acids is 11. The van der Waals surface area contributed by atoms with Gasteiger partial charge in [-0.05, 0) is 127 Å². The maximum absolute atomic E-state index is 14.6. The smallest absolute Gasteiger partial charge is 0.312 e. The van der Waals surface area contributed by atoms with Crippen LogP contribution < -0.4 is 48.3 Å². The van der Waals surface area contributed by atoms with E-state index in [1.54, 1.807) is 66.8 Å². The average molecular weight is 1390 g/mol. The highest BCUT2D eigenvalue weighted by molar-refractivity contribution is 5.99. The van der Waals surface area contributed by atoms with E-state index in [0.29, 0.717) is 57.3 Å². The molecule has 2 fully saturated rings. The first-order valence-corrected chi connectivity index (χ1v) is 35.6. The van der Waals surface area contributed by atoms with Crippen molar-refractivity contribution in [2.45, 2.75) is 227 Å². The van der Waals surface area contributed by atoms with Crippen molar-refractivity contribution in [3.8, 4) is 0 Å². The topological polar surface area (TPSA) is 341 Å². The van der Waals surface area contributed by atoms with Crippen LogP contribution in [0.15, 0.2) is 54.6 Å². The van der Waals surface area contributed by atoms with E-state index in [0.717, 1.165) is 11.1 Å². The number of benzene rings is 2. The van der Waals surface area contributed by atoms with Crippen LogP contribution in [0.3, 0.4) is 0 Å². The summed E-state index contributed by atoms with van der Waals surface area (Å²) in [5.41, 5.74) is 7.31. The minimum Gasteiger partial charge on any atom is -0.379 e. The monoisotopic (exact) mass is 1390 g/mol. The highest BCUT2D eigenvalue weighted by atomic mass is 16.5. The van der Waals surface area contributed by atoms with Gasteiger partial charge in [-0.2, -0.15) is 0 Å². The van der Waals surface area contributed by atoms with E-state index in [1.165, 1.54) is 14.2 Å². The van der Waals surface area contributed by atoms with Crippen LogP contribution in [0.25, 0.3) is 0 Å². The number of hydrogen-bond donors (Lipinski definition) is 9. The molecule has 0 radical (unpaired) electrons. The number of urea groups is 1. The van der Waals surface area contributed by atoms with Crippen molar-refractivity contribution >= 4 is 70.8 Å². The van der Waals surface area contributed by atoms with Gasteiger partial charge >= 0.3 is 6.03 Å². The molecule has 4 rings (SSSR count). The minimum absolute atomic E-state index is 0.00413. The minimum atomic E-state index is -1.11. The lowest BCUT2D eigenvalue weighted by Gasteiger charge is -2.41. The third-order valence-electron chi connectivity index (χ3n) is 19.2. The number of nitrogens with two attached hydrogens (primary N) is 1. The molecule has 0 bridgehead atoms. The van der Waals surface area contributed by atoms with Crippen LogP contribution in [-0.2, 0) is 70.3 Å². The van der Waals surface area contributed by atoms with Crippen molar-refractivity contribution in [1.82, 2.24) is 56.8 Å². The molecular formula is C73H119N13O13. The Morgan fingerprint density at radius 1 is 0.636 bits per heavy atom. The molecule has 26 nitrogen and oxygen atoms in total. The van der Waals surface area contributed by atoms with E-state index in [2.05, 4.69) is 42.5 Å². The summed E-state index contributed by atoms with van der Waals surface area (Å²) in [7, 11) is 8.42. The van der Waals surface area contributed by atoms with E-state index in [1.807, 2.05) is 112 Å². The molecule has 26 heteroatoms. The maximum Gasteiger partial charge on any atom is 0.312 e. The van der Waals surface area contributed by atoms with Crippen LogP contribution in [0, 0.1) is 35.5 Å². The molecular weight excluding hydrogens is 1270 g/mol. The van der Waals surface area contributed by atoms with E-state index in [-0.39, 0.29) is 117 Å². The molecule has 0 spiro atoms. The highest BCUT2D eigenvalue weighted by Crippen LogP contribution is 2.31. The molecule has 2 unspecified atom stereocenters. The van der Waals surface area contributed by atoms with Crippen molar-refractivity contribution < 1.29 is 62.2 Å². The number of carbonyl (C=O) groups is 11. The zero-order chi connectivity index (χ0) is 74.0. The fourth-order valence-electron chi connectivity index (χ4n) is 13.6. The number of primary amides is 1. The molecule has 2 aromatic carbocycles. The lowest BCUT2D eigenvalue weighted by atomic mass is 9.89. The molecule has 2 aliphatic heterocycles. The Morgan fingerprint density at radius 2 is 1.28 bits per heavy atom. The largest absolute Gasteiger partial charge is 0.379 e. The molecule has 2 saturated heterocycles. The number of nitrogens with one attached hydrogen (secondary N) is 8. The standard InChI is InChI=1S/C73H119N13O13/c1-18-47(10)64(84(15)72(96)62(44(4)5)82-71(95)63(45(6)7)83(13)14)57(98-16)42-60(89)86-38-23-27-56(86)65(99-17)49(12)66(90)80-55(41-51-24-20-19-21-25-51)68(92)75-37-34-50-28-30-53(31-29-50)78-69(93)54(26-22-36-76-73(74)97)79-70(94)61(43(2)3)81-58(87)32-33-59(88)85-39-35-52(40-48(85)11)67(91)77-46(8)9/h19-21,24-25,28-31,43-49,52,54-57,61-65H,18,22-23,26-27,32-42H2,1-17H3,(H,75,92)(H,77,91)(H,78,93)(H,79,94)(H,80,90)(H,81,87)(H,82,95)(H3,74,76,97)/t47-,48?,49+,52?,54-,55-,56-,57+,61-,62-,63-,64-,65+/m0/s1. The molecule has 99 heavy (non-hydrogen) atoms. The van der Waals surface area contributed by atoms with Crippen LogP contribution in [0.4, 0.5) is 10.5 Å². The SMILES string of the molecule is CC[C@H](C)[C@@H]([C@@H](CC(=O)N1CCC[C@H]1[C@H](OC)[C@@H](C)C(=O)N[C@@H](Cc1ccccc1)C(=O)NCCc1ccc(NC(=O)[C@H](CCCNC(N)=O)NC(=O)[C@@H](NC(=O)CCC(=O)N2CCC(C(=O)NC(C)C)CC2C)C(C)C)cc1)OC)N(C)C(=O)[C@@H](NC(=O)[C@H](C(C)C)N(C)C)C(C)C. The summed E-state index contributed by atoms with van der Waals surface area (Å²) < 4.78 is 12.2. The Balaban J connectivity index is 1.40. The predicted molar refractivity (Wildman–Crippen MR) is 381 cm³/mol. The summed E-state index contributed by atoms with van der Waals surface area (Å²) in [5.74, 6) is -5.34. The van der Waals surface area contributed by atoms with Crippen LogP contribution in [0.5, 0.6) is 0 Å². The first-order chi connectivity index (χ1) is 46.7. The lowest BCUT2D eigenvalue weighted by Crippen LogP contribution is -2.59. The molecule has 554 valence electrons. The summed E-state index contributed by atoms with van der Waals surface area (Å²) in [6.07, 6.45) is 2.02. The summed E-state index contributed by atoms with van der Waals surface area (Å²) in [4.78, 5) is 157. The van der Waals surface area contributed by atoms with Crippen molar-refractivity contribution in [2.24, 2.45) is 41.2 Å². The summed E-state index contributed by atoms with van der Waals surface area (Å²) in [6.45, 7) is 23.7. The number of likely N-dealkylation sites (N-methyl/N-ethyl adjacent to an activating group) is 2. The normalized spacial score (nSPS) is 18.6. The average Bonchev–Trinajstić information content (AvgIpc) is 1.79. The fourth-order valence-corrected chi connectivity index (χ4v) is 13.6. The van der Waals surface area contributed by atoms with Crippen molar-refractivity contribution in [3.63, 3.8) is 0 Å². The first-order valence-electron chi connectivity index (χ1n) is 35.6. The Bertz CT molecular complexity index is 2960. The molecule has 12 amide bonds. The number of rotatable bonds is 39. The number of hydrogen-bond acceptors (Lipinski definition) is 14. The van der Waals surface area contributed by atoms with Gasteiger partial charge < -0.3 is 72.4 Å². The van der Waals surface area contributed by atoms with Gasteiger partial charge in [0, 0.05) is 90.4 Å². The fraction of sp³-hybridized carbons (Fsp3) is 0.685. The van der Waals surface area contributed by atoms with Crippen LogP contribution in [-0.4, -0.2) is 213 Å². The molecule has 10 N–H and O–H groups in total. The molecule has 2 heterocycles. The van der Waals surface area contributed by atoms with Crippen LogP contribution >= 0.6 is 0 Å². The Kier molecular flexibility index (Phi) is 34.8. The Labute approximate surface area is 588 Å². The van der Waals surface area contributed by atoms with Crippen molar-refractivity contribution in [2.75, 3.05) is 66.9 Å². The molecule has 0 saturated carbocycles. The number of ether oxygens (including phenoxy) is 2. The zero-order valence-electron chi connectivity index (χ0n) is 62.0. The molecule has 2 aromatic rings. The summed E-state index contributed by atoms with van der Waals surface area (Å²) in [5, 5.41) is 22.9. The van der Waals surface area contributed by atoms with Crippen LogP contribution in [0.1, 0.15) is 158 Å². The number of piperidine rings is 1. The van der Waals surface area contributed by atoms with Gasteiger partial charge in [-0.25, -0.2) is 4.79 Å². The second-order valence-corrected chi connectivity index (χ2v) is 28.6. The number of amides is 12. The molecule has 2 aliphatic rings. The number of nitrogens with zero attached hydrogens (tertiary/aromatic N) is 4. The number of methoxy groups -OCH3 is 2. The van der Waals surface area contributed by atoms with Gasteiger partial charge in [-0.3, -0.25) is 52.8 Å². The van der Waals surface area contributed by atoms with E-state index in [9.17, 15) is 52.7 Å². The third-order valence-corrected chi connectivity index (χ3v) is 19.2. The van der Waals surface area contributed by atoms with Crippen molar-refractivity contribution in [3.05, 3.63) is 65.7 Å². The summed E-state index contributed by atoms with van der Waals surface area (Å²) in [6, 6.07) is 9.82. The van der Waals surface area contributed by atoms with Gasteiger partial charge in [-0.1, -0.05) is 111 Å². The van der Waals surface area contributed by atoms with Gasteiger partial charge in [0.2, 0.25) is 59.1 Å². The van der Waals surface area contributed by atoms with E-state index >= 15 is 0 Å². The maximum atomic E-state index is 14.6. The third kappa shape index (κ3) is 25.8. The van der Waals surface area contributed by atoms with E-state index < -0.39 is 102 Å². The first kappa shape index (κ1) is 83.7.